The van der Waals surface area contributed by atoms with Gasteiger partial charge >= 0.3 is 0 Å². The maximum Gasteiger partial charge on any atom is 0.264 e. The van der Waals surface area contributed by atoms with Crippen molar-refractivity contribution in [2.45, 2.75) is 4.90 Å². The average Bonchev–Trinajstić information content (AvgIpc) is 2.37. The molecule has 7 nitrogen and oxygen atoms in total. The molecule has 0 atom stereocenters. The molecule has 2 aromatic rings. The van der Waals surface area contributed by atoms with Crippen molar-refractivity contribution in [1.29, 1.82) is 0 Å². The Balaban J connectivity index is 2.40. The molecule has 0 aliphatic rings. The van der Waals surface area contributed by atoms with Gasteiger partial charge in [-0.25, -0.2) is 27.5 Å². The molecule has 0 saturated heterocycles. The summed E-state index contributed by atoms with van der Waals surface area (Å²) >= 11 is 5.63. The number of aromatic nitrogens is 2. The van der Waals surface area contributed by atoms with Gasteiger partial charge in [-0.3, -0.25) is 0 Å². The van der Waals surface area contributed by atoms with Crippen LogP contribution in [0.5, 0.6) is 5.75 Å². The molecule has 2 rings (SSSR count). The first-order valence-electron chi connectivity index (χ1n) is 5.48. The third kappa shape index (κ3) is 3.31. The molecule has 0 spiro atoms. The van der Waals surface area contributed by atoms with Crippen LogP contribution in [-0.2, 0) is 10.0 Å². The van der Waals surface area contributed by atoms with Gasteiger partial charge in [-0.15, -0.1) is 0 Å². The van der Waals surface area contributed by atoms with Crippen molar-refractivity contribution in [1.82, 2.24) is 9.97 Å². The first-order valence-corrected chi connectivity index (χ1v) is 7.34. The van der Waals surface area contributed by atoms with Crippen molar-refractivity contribution in [3.63, 3.8) is 0 Å². The van der Waals surface area contributed by atoms with E-state index in [9.17, 15) is 12.8 Å². The van der Waals surface area contributed by atoms with Crippen LogP contribution in [0.15, 0.2) is 29.3 Å². The van der Waals surface area contributed by atoms with Crippen LogP contribution < -0.4 is 15.2 Å². The van der Waals surface area contributed by atoms with Gasteiger partial charge in [-0.1, -0.05) is 11.6 Å². The number of nitrogens with two attached hydrogens (primary N) is 1. The molecule has 1 aromatic heterocycles. The van der Waals surface area contributed by atoms with Crippen LogP contribution in [0.4, 0.5) is 16.0 Å². The van der Waals surface area contributed by atoms with Gasteiger partial charge in [0.05, 0.1) is 17.7 Å². The van der Waals surface area contributed by atoms with Gasteiger partial charge < -0.3 is 10.5 Å². The number of sulfonamides is 1. The molecule has 0 bridgehead atoms. The largest absolute Gasteiger partial charge is 0.492 e. The van der Waals surface area contributed by atoms with Gasteiger partial charge in [-0.05, 0) is 18.2 Å². The summed E-state index contributed by atoms with van der Waals surface area (Å²) in [6, 6.07) is 3.22. The summed E-state index contributed by atoms with van der Waals surface area (Å²) in [7, 11) is -2.89. The molecule has 0 fully saturated rings. The Labute approximate surface area is 125 Å². The van der Waals surface area contributed by atoms with Crippen LogP contribution in [0.25, 0.3) is 0 Å². The number of methoxy groups -OCH3 is 1. The fourth-order valence-corrected chi connectivity index (χ4v) is 2.66. The Morgan fingerprint density at radius 3 is 2.71 bits per heavy atom. The fraction of sp³-hybridized carbons (Fsp3) is 0.0909. The lowest BCUT2D eigenvalue weighted by atomic mass is 10.3. The summed E-state index contributed by atoms with van der Waals surface area (Å²) in [5.74, 6) is -1.37. The smallest absolute Gasteiger partial charge is 0.264 e. The van der Waals surface area contributed by atoms with Crippen molar-refractivity contribution in [2.75, 3.05) is 17.6 Å². The minimum absolute atomic E-state index is 0.0584. The van der Waals surface area contributed by atoms with Gasteiger partial charge in [-0.2, -0.15) is 0 Å². The molecule has 0 amide bonds. The SMILES string of the molecule is COc1c(N)cc(S(=O)(=O)Nc2nccc(Cl)n2)cc1F. The minimum atomic E-state index is -4.11. The Bertz CT molecular complexity index is 762. The van der Waals surface area contributed by atoms with E-state index in [0.29, 0.717) is 0 Å². The zero-order valence-electron chi connectivity index (χ0n) is 10.7. The monoisotopic (exact) mass is 332 g/mol. The molecular formula is C11H10ClFN4O3S. The van der Waals surface area contributed by atoms with E-state index >= 15 is 0 Å². The highest BCUT2D eigenvalue weighted by Gasteiger charge is 2.20. The standard InChI is InChI=1S/C11H10ClFN4O3S/c1-20-10-7(13)4-6(5-8(10)14)21(18,19)17-11-15-3-2-9(12)16-11/h2-5H,14H2,1H3,(H,15,16,17). The number of anilines is 2. The first kappa shape index (κ1) is 15.3. The second-order valence-corrected chi connectivity index (χ2v) is 5.91. The highest BCUT2D eigenvalue weighted by Crippen LogP contribution is 2.29. The van der Waals surface area contributed by atoms with E-state index in [4.69, 9.17) is 22.1 Å². The number of nitrogen functional groups attached to an aromatic ring is 1. The Hall–Kier alpha value is -2.13. The van der Waals surface area contributed by atoms with Crippen LogP contribution in [0.3, 0.4) is 0 Å². The van der Waals surface area contributed by atoms with Crippen molar-refractivity contribution in [3.05, 3.63) is 35.4 Å². The molecule has 1 heterocycles. The lowest BCUT2D eigenvalue weighted by Gasteiger charge is -2.10. The van der Waals surface area contributed by atoms with E-state index in [2.05, 4.69) is 14.7 Å². The summed E-state index contributed by atoms with van der Waals surface area (Å²) in [6.07, 6.45) is 1.27. The number of halogens is 2. The molecule has 3 N–H and O–H groups in total. The quantitative estimate of drug-likeness (QED) is 0.651. The lowest BCUT2D eigenvalue weighted by molar-refractivity contribution is 0.388. The van der Waals surface area contributed by atoms with E-state index in [1.165, 1.54) is 19.4 Å². The summed E-state index contributed by atoms with van der Waals surface area (Å²) < 4.78 is 44.7. The van der Waals surface area contributed by atoms with Gasteiger partial charge in [0, 0.05) is 6.20 Å². The third-order valence-electron chi connectivity index (χ3n) is 2.41. The third-order valence-corrected chi connectivity index (χ3v) is 3.93. The first-order chi connectivity index (χ1) is 9.83. The summed E-state index contributed by atoms with van der Waals surface area (Å²) in [4.78, 5) is 6.98. The predicted molar refractivity (Wildman–Crippen MR) is 75.2 cm³/mol. The molecule has 21 heavy (non-hydrogen) atoms. The summed E-state index contributed by atoms with van der Waals surface area (Å²) in [5.41, 5.74) is 5.39. The number of ether oxygens (including phenoxy) is 1. The molecule has 0 saturated carbocycles. The highest BCUT2D eigenvalue weighted by atomic mass is 35.5. The lowest BCUT2D eigenvalue weighted by Crippen LogP contribution is -2.16. The number of nitrogens with zero attached hydrogens (tertiary/aromatic N) is 2. The van der Waals surface area contributed by atoms with Gasteiger partial charge in [0.1, 0.15) is 5.15 Å². The van der Waals surface area contributed by atoms with Crippen molar-refractivity contribution < 1.29 is 17.5 Å². The van der Waals surface area contributed by atoms with Crippen LogP contribution >= 0.6 is 11.6 Å². The molecule has 0 aliphatic heterocycles. The topological polar surface area (TPSA) is 107 Å². The number of hydrogen-bond acceptors (Lipinski definition) is 6. The molecule has 10 heteroatoms. The Morgan fingerprint density at radius 2 is 2.14 bits per heavy atom. The molecule has 0 aliphatic carbocycles. The number of nitrogens with one attached hydrogen (secondary N) is 1. The number of benzene rings is 1. The molecule has 0 unspecified atom stereocenters. The van der Waals surface area contributed by atoms with Crippen LogP contribution in [0.1, 0.15) is 0 Å². The van der Waals surface area contributed by atoms with Crippen molar-refractivity contribution >= 4 is 33.3 Å². The molecule has 112 valence electrons. The van der Waals surface area contributed by atoms with Crippen LogP contribution in [0, 0.1) is 5.82 Å². The predicted octanol–water partition coefficient (Wildman–Crippen LogP) is 1.66. The number of hydrogen-bond donors (Lipinski definition) is 2. The second-order valence-electron chi connectivity index (χ2n) is 3.84. The van der Waals surface area contributed by atoms with E-state index in [1.807, 2.05) is 0 Å². The summed E-state index contributed by atoms with van der Waals surface area (Å²) in [5, 5.41) is 0.0584. The minimum Gasteiger partial charge on any atom is -0.492 e. The van der Waals surface area contributed by atoms with E-state index < -0.39 is 15.8 Å². The van der Waals surface area contributed by atoms with Crippen molar-refractivity contribution in [2.24, 2.45) is 0 Å². The van der Waals surface area contributed by atoms with E-state index in [-0.39, 0.29) is 27.4 Å². The second kappa shape index (κ2) is 5.70. The normalized spacial score (nSPS) is 11.2. The Kier molecular flexibility index (Phi) is 4.14. The maximum absolute atomic E-state index is 13.7. The molecule has 0 radical (unpaired) electrons. The zero-order chi connectivity index (χ0) is 15.6. The zero-order valence-corrected chi connectivity index (χ0v) is 12.2. The highest BCUT2D eigenvalue weighted by molar-refractivity contribution is 7.92. The Morgan fingerprint density at radius 1 is 1.43 bits per heavy atom. The van der Waals surface area contributed by atoms with Gasteiger partial charge in [0.15, 0.2) is 11.6 Å². The van der Waals surface area contributed by atoms with Gasteiger partial charge in [0.25, 0.3) is 10.0 Å². The average molecular weight is 333 g/mol. The summed E-state index contributed by atoms with van der Waals surface area (Å²) in [6.45, 7) is 0. The van der Waals surface area contributed by atoms with Gasteiger partial charge in [0.2, 0.25) is 5.95 Å². The molecule has 1 aromatic carbocycles. The number of rotatable bonds is 4. The van der Waals surface area contributed by atoms with Crippen LogP contribution in [-0.4, -0.2) is 25.5 Å². The fourth-order valence-electron chi connectivity index (χ4n) is 1.52. The molecular weight excluding hydrogens is 323 g/mol. The van der Waals surface area contributed by atoms with Crippen LogP contribution in [0.2, 0.25) is 5.15 Å². The van der Waals surface area contributed by atoms with E-state index in [1.54, 1.807) is 0 Å². The van der Waals surface area contributed by atoms with Crippen molar-refractivity contribution in [3.8, 4) is 5.75 Å². The maximum atomic E-state index is 13.7. The van der Waals surface area contributed by atoms with E-state index in [0.717, 1.165) is 12.1 Å².